The molecule has 3 aliphatic rings. The van der Waals surface area contributed by atoms with Gasteiger partial charge in [0.25, 0.3) is 5.91 Å². The monoisotopic (exact) mass is 555 g/mol. The molecule has 2 heterocycles. The van der Waals surface area contributed by atoms with Crippen molar-refractivity contribution in [3.63, 3.8) is 0 Å². The number of benzene rings is 2. The average molecular weight is 556 g/mol. The molecule has 10 heteroatoms. The molecule has 6 rings (SSSR count). The van der Waals surface area contributed by atoms with E-state index in [0.717, 1.165) is 31.2 Å². The van der Waals surface area contributed by atoms with Gasteiger partial charge in [-0.1, -0.05) is 12.1 Å². The number of halogens is 3. The Morgan fingerprint density at radius 2 is 1.85 bits per heavy atom. The highest BCUT2D eigenvalue weighted by Crippen LogP contribution is 2.42. The number of rotatable bonds is 7. The van der Waals surface area contributed by atoms with Crippen LogP contribution in [-0.4, -0.2) is 46.0 Å². The Morgan fingerprint density at radius 1 is 1.12 bits per heavy atom. The van der Waals surface area contributed by atoms with Crippen molar-refractivity contribution in [2.75, 3.05) is 18.6 Å². The number of aromatic nitrogens is 3. The van der Waals surface area contributed by atoms with Crippen LogP contribution in [-0.2, 0) is 30.9 Å². The summed E-state index contributed by atoms with van der Waals surface area (Å²) in [5, 5.41) is 10.5. The Kier molecular flexibility index (Phi) is 8.01. The lowest BCUT2D eigenvalue weighted by Crippen LogP contribution is -2.48. The SMILES string of the molecule is COC1CC(c2cccc(N3Cc4c(cc(CCNC5(C)CCC5)cc4C(F)(F)F)C3=O)c2)C1.Cn1cnnc1. The molecule has 2 saturated carbocycles. The number of hydrogen-bond acceptors (Lipinski definition) is 5. The Bertz CT molecular complexity index is 1330. The van der Waals surface area contributed by atoms with E-state index in [1.165, 1.54) is 17.4 Å². The van der Waals surface area contributed by atoms with E-state index in [1.807, 2.05) is 25.2 Å². The standard InChI is InChI=1S/C27H31F3N2O2.C3H5N3/c1-26(8-4-9-26)31-10-7-17-11-22-23(24(12-17)27(28,29)30)16-32(25(22)33)20-6-3-5-18(13-20)19-14-21(15-19)34-2;1-6-2-4-5-3-6/h3,5-6,11-13,19,21,31H,4,7-10,14-16H2,1-2H3;2-3H,1H3. The second-order valence-corrected chi connectivity index (χ2v) is 11.4. The van der Waals surface area contributed by atoms with E-state index in [-0.39, 0.29) is 35.2 Å². The van der Waals surface area contributed by atoms with Crippen molar-refractivity contribution >= 4 is 11.6 Å². The number of amides is 1. The predicted octanol–water partition coefficient (Wildman–Crippen LogP) is 5.65. The van der Waals surface area contributed by atoms with Crippen LogP contribution < -0.4 is 10.2 Å². The van der Waals surface area contributed by atoms with Crippen LogP contribution in [0.2, 0.25) is 0 Å². The minimum Gasteiger partial charge on any atom is -0.381 e. The zero-order valence-electron chi connectivity index (χ0n) is 23.2. The predicted molar refractivity (Wildman–Crippen MR) is 146 cm³/mol. The van der Waals surface area contributed by atoms with Crippen molar-refractivity contribution in [3.8, 4) is 0 Å². The van der Waals surface area contributed by atoms with E-state index < -0.39 is 11.7 Å². The van der Waals surface area contributed by atoms with E-state index in [9.17, 15) is 18.0 Å². The van der Waals surface area contributed by atoms with E-state index in [0.29, 0.717) is 30.1 Å². The molecule has 0 unspecified atom stereocenters. The number of nitrogens with zero attached hydrogens (tertiary/aromatic N) is 4. The van der Waals surface area contributed by atoms with Crippen LogP contribution in [0.3, 0.4) is 0 Å². The van der Waals surface area contributed by atoms with Crippen molar-refractivity contribution in [2.45, 2.75) is 75.7 Å². The zero-order valence-corrected chi connectivity index (χ0v) is 23.2. The first-order valence-corrected chi connectivity index (χ1v) is 13.8. The molecule has 1 N–H and O–H groups in total. The second-order valence-electron chi connectivity index (χ2n) is 11.4. The molecular formula is C30H36F3N5O2. The van der Waals surface area contributed by atoms with Crippen molar-refractivity contribution in [3.05, 3.63) is 76.9 Å². The summed E-state index contributed by atoms with van der Waals surface area (Å²) in [4.78, 5) is 14.8. The Labute approximate surface area is 232 Å². The molecule has 1 aliphatic heterocycles. The first-order valence-electron chi connectivity index (χ1n) is 13.8. The normalized spacial score (nSPS) is 21.2. The van der Waals surface area contributed by atoms with Crippen molar-refractivity contribution < 1.29 is 22.7 Å². The van der Waals surface area contributed by atoms with Crippen molar-refractivity contribution in [2.24, 2.45) is 7.05 Å². The first kappa shape index (κ1) is 28.3. The smallest absolute Gasteiger partial charge is 0.381 e. The van der Waals surface area contributed by atoms with Gasteiger partial charge in [0.15, 0.2) is 0 Å². The van der Waals surface area contributed by atoms with Crippen LogP contribution in [0.1, 0.15) is 77.6 Å². The molecule has 1 aromatic heterocycles. The van der Waals surface area contributed by atoms with E-state index in [4.69, 9.17) is 4.74 Å². The number of carbonyl (C=O) groups excluding carboxylic acids is 1. The van der Waals surface area contributed by atoms with Crippen LogP contribution in [0.5, 0.6) is 0 Å². The summed E-state index contributed by atoms with van der Waals surface area (Å²) in [5.74, 6) is -0.00543. The number of fused-ring (bicyclic) bond motifs is 1. The Balaban J connectivity index is 0.000000477. The number of methoxy groups -OCH3 is 1. The summed E-state index contributed by atoms with van der Waals surface area (Å²) >= 11 is 0. The lowest BCUT2D eigenvalue weighted by molar-refractivity contribution is -0.138. The third-order valence-corrected chi connectivity index (χ3v) is 8.45. The Hall–Kier alpha value is -3.24. The topological polar surface area (TPSA) is 72.3 Å². The largest absolute Gasteiger partial charge is 0.416 e. The van der Waals surface area contributed by atoms with Gasteiger partial charge in [-0.05, 0) is 98.9 Å². The van der Waals surface area contributed by atoms with Crippen molar-refractivity contribution in [1.29, 1.82) is 0 Å². The third-order valence-electron chi connectivity index (χ3n) is 8.45. The van der Waals surface area contributed by atoms with Crippen LogP contribution in [0.15, 0.2) is 49.1 Å². The first-order chi connectivity index (χ1) is 19.1. The number of alkyl halides is 3. The Morgan fingerprint density at radius 3 is 2.42 bits per heavy atom. The summed E-state index contributed by atoms with van der Waals surface area (Å²) in [6, 6.07) is 10.5. The van der Waals surface area contributed by atoms with Crippen LogP contribution in [0.25, 0.3) is 0 Å². The zero-order chi connectivity index (χ0) is 28.5. The summed E-state index contributed by atoms with van der Waals surface area (Å²) in [6.45, 7) is 2.68. The number of aryl methyl sites for hydroxylation is 1. The summed E-state index contributed by atoms with van der Waals surface area (Å²) < 4.78 is 49.1. The quantitative estimate of drug-likeness (QED) is 0.408. The molecule has 0 bridgehead atoms. The number of carbonyl (C=O) groups is 1. The van der Waals surface area contributed by atoms with Gasteiger partial charge >= 0.3 is 6.18 Å². The van der Waals surface area contributed by atoms with Gasteiger partial charge in [-0.25, -0.2) is 0 Å². The molecule has 214 valence electrons. The number of ether oxygens (including phenoxy) is 1. The number of nitrogens with one attached hydrogen (secondary N) is 1. The fourth-order valence-electron chi connectivity index (χ4n) is 5.70. The molecule has 1 amide bonds. The highest BCUT2D eigenvalue weighted by Gasteiger charge is 2.41. The minimum absolute atomic E-state index is 0.0611. The molecule has 2 fully saturated rings. The molecular weight excluding hydrogens is 519 g/mol. The van der Waals surface area contributed by atoms with Crippen LogP contribution in [0.4, 0.5) is 18.9 Å². The van der Waals surface area contributed by atoms with Crippen molar-refractivity contribution in [1.82, 2.24) is 20.1 Å². The van der Waals surface area contributed by atoms with E-state index >= 15 is 0 Å². The van der Waals surface area contributed by atoms with E-state index in [1.54, 1.807) is 36.5 Å². The molecule has 3 aromatic rings. The van der Waals surface area contributed by atoms with Gasteiger partial charge in [0, 0.05) is 30.9 Å². The molecule has 2 aliphatic carbocycles. The van der Waals surface area contributed by atoms with Gasteiger partial charge in [-0.3, -0.25) is 4.79 Å². The van der Waals surface area contributed by atoms with Gasteiger partial charge in [0.2, 0.25) is 0 Å². The fourth-order valence-corrected chi connectivity index (χ4v) is 5.70. The molecule has 0 saturated heterocycles. The maximum atomic E-state index is 14.0. The minimum atomic E-state index is -4.51. The highest BCUT2D eigenvalue weighted by molar-refractivity contribution is 6.10. The maximum Gasteiger partial charge on any atom is 0.416 e. The summed E-state index contributed by atoms with van der Waals surface area (Å²) in [5.41, 5.74) is 1.94. The maximum absolute atomic E-state index is 14.0. The molecule has 2 aromatic carbocycles. The molecule has 0 radical (unpaired) electrons. The summed E-state index contributed by atoms with van der Waals surface area (Å²) in [6.07, 6.45) is 4.67. The molecule has 7 nitrogen and oxygen atoms in total. The van der Waals surface area contributed by atoms with Gasteiger partial charge < -0.3 is 19.5 Å². The van der Waals surface area contributed by atoms with Gasteiger partial charge in [-0.15, -0.1) is 10.2 Å². The lowest BCUT2D eigenvalue weighted by Gasteiger charge is -2.39. The highest BCUT2D eigenvalue weighted by atomic mass is 19.4. The lowest BCUT2D eigenvalue weighted by atomic mass is 9.77. The van der Waals surface area contributed by atoms with Crippen LogP contribution in [0, 0.1) is 0 Å². The van der Waals surface area contributed by atoms with Gasteiger partial charge in [-0.2, -0.15) is 13.2 Å². The molecule has 40 heavy (non-hydrogen) atoms. The summed E-state index contributed by atoms with van der Waals surface area (Å²) in [7, 11) is 3.58. The van der Waals surface area contributed by atoms with E-state index in [2.05, 4.69) is 22.4 Å². The van der Waals surface area contributed by atoms with Crippen LogP contribution >= 0.6 is 0 Å². The fraction of sp³-hybridized carbons (Fsp3) is 0.500. The average Bonchev–Trinajstić information content (AvgIpc) is 3.48. The number of anilines is 1. The third kappa shape index (κ3) is 6.07. The molecule has 0 spiro atoms. The van der Waals surface area contributed by atoms with Gasteiger partial charge in [0.05, 0.1) is 18.2 Å². The second kappa shape index (κ2) is 11.3. The van der Waals surface area contributed by atoms with Gasteiger partial charge in [0.1, 0.15) is 12.7 Å². The molecule has 0 atom stereocenters. The number of hydrogen-bond donors (Lipinski definition) is 1.